The highest BCUT2D eigenvalue weighted by Crippen LogP contribution is 2.35. The summed E-state index contributed by atoms with van der Waals surface area (Å²) in [5, 5.41) is 4.08. The van der Waals surface area contributed by atoms with Gasteiger partial charge in [-0.25, -0.2) is 15.0 Å². The molecule has 2 fully saturated rings. The summed E-state index contributed by atoms with van der Waals surface area (Å²) in [6.45, 7) is 7.73. The largest absolute Gasteiger partial charge is 0.356 e. The van der Waals surface area contributed by atoms with E-state index in [1.807, 2.05) is 25.4 Å². The molecule has 3 aromatic heterocycles. The number of likely N-dealkylation sites (N-methyl/N-ethyl adjacent to an activating group) is 1. The second-order valence-electron chi connectivity index (χ2n) is 8.42. The first-order valence-corrected chi connectivity index (χ1v) is 10.9. The normalized spacial score (nSPS) is 18.5. The first-order valence-electron chi connectivity index (χ1n) is 10.9. The van der Waals surface area contributed by atoms with Crippen molar-refractivity contribution >= 4 is 11.8 Å². The van der Waals surface area contributed by atoms with E-state index in [2.05, 4.69) is 36.9 Å². The van der Waals surface area contributed by atoms with Crippen molar-refractivity contribution in [3.05, 3.63) is 42.2 Å². The van der Waals surface area contributed by atoms with Gasteiger partial charge in [0.25, 0.3) is 0 Å². The Morgan fingerprint density at radius 3 is 2.42 bits per heavy atom. The van der Waals surface area contributed by atoms with Gasteiger partial charge in [-0.05, 0) is 26.8 Å². The molecule has 0 bridgehead atoms. The number of piperazine rings is 1. The maximum atomic E-state index is 5.59. The molecule has 9 nitrogen and oxygen atoms in total. The minimum atomic E-state index is 0.336. The van der Waals surface area contributed by atoms with E-state index in [1.165, 1.54) is 0 Å². The second-order valence-corrected chi connectivity index (χ2v) is 8.42. The van der Waals surface area contributed by atoms with E-state index in [-0.39, 0.29) is 0 Å². The van der Waals surface area contributed by atoms with Crippen LogP contribution in [0.2, 0.25) is 0 Å². The van der Waals surface area contributed by atoms with Crippen LogP contribution in [0, 0.1) is 6.92 Å². The highest BCUT2D eigenvalue weighted by atomic mass is 16.5. The predicted molar refractivity (Wildman–Crippen MR) is 118 cm³/mol. The van der Waals surface area contributed by atoms with Gasteiger partial charge in [0.1, 0.15) is 5.82 Å². The van der Waals surface area contributed by atoms with E-state index < -0.39 is 0 Å². The summed E-state index contributed by atoms with van der Waals surface area (Å²) in [5.41, 5.74) is 2.89. The highest BCUT2D eigenvalue weighted by molar-refractivity contribution is 5.61. The number of rotatable bonds is 4. The Labute approximate surface area is 182 Å². The third kappa shape index (κ3) is 4.23. The Hall–Kier alpha value is -3.07. The number of nitrogens with zero attached hydrogens (tertiary/aromatic N) is 8. The molecule has 0 saturated carbocycles. The van der Waals surface area contributed by atoms with Gasteiger partial charge >= 0.3 is 0 Å². The first kappa shape index (κ1) is 19.9. The van der Waals surface area contributed by atoms with Gasteiger partial charge in [0.2, 0.25) is 5.95 Å². The van der Waals surface area contributed by atoms with Gasteiger partial charge in [0.15, 0.2) is 5.76 Å². The third-order valence-electron chi connectivity index (χ3n) is 6.24. The molecule has 162 valence electrons. The standard InChI is InChI=1S/C22H28N8O/c1-16-13-19(31-27-16)18-14-25-22(30-11-9-28(2)10-12-30)26-21(18)17-3-7-29(8-4-17)20-15-23-5-6-24-20/h5-6,13-15,17H,3-4,7-12H2,1-2H3. The third-order valence-corrected chi connectivity index (χ3v) is 6.24. The van der Waals surface area contributed by atoms with Gasteiger partial charge in [0, 0.05) is 69.8 Å². The molecule has 5 heterocycles. The second kappa shape index (κ2) is 8.58. The number of piperidine rings is 1. The summed E-state index contributed by atoms with van der Waals surface area (Å²) in [6, 6.07) is 1.96. The molecule has 0 aromatic carbocycles. The monoisotopic (exact) mass is 420 g/mol. The maximum Gasteiger partial charge on any atom is 0.225 e. The molecular formula is C22H28N8O. The van der Waals surface area contributed by atoms with Crippen LogP contribution in [-0.2, 0) is 0 Å². The number of hydrogen-bond donors (Lipinski definition) is 0. The molecule has 5 rings (SSSR count). The fraction of sp³-hybridized carbons (Fsp3) is 0.500. The number of hydrogen-bond acceptors (Lipinski definition) is 9. The molecule has 9 heteroatoms. The van der Waals surface area contributed by atoms with Crippen molar-refractivity contribution in [2.45, 2.75) is 25.7 Å². The minimum Gasteiger partial charge on any atom is -0.356 e. The fourth-order valence-electron chi connectivity index (χ4n) is 4.37. The van der Waals surface area contributed by atoms with E-state index in [1.54, 1.807) is 12.4 Å². The zero-order valence-electron chi connectivity index (χ0n) is 18.1. The SMILES string of the molecule is Cc1cc(-c2cnc(N3CCN(C)CC3)nc2C2CCN(c3cnccn3)CC2)on1. The lowest BCUT2D eigenvalue weighted by Gasteiger charge is -2.34. The Kier molecular flexibility index (Phi) is 5.50. The van der Waals surface area contributed by atoms with E-state index >= 15 is 0 Å². The highest BCUT2D eigenvalue weighted by Gasteiger charge is 2.28. The van der Waals surface area contributed by atoms with Crippen LogP contribution in [0.25, 0.3) is 11.3 Å². The Bertz CT molecular complexity index is 1010. The van der Waals surface area contributed by atoms with Crippen LogP contribution in [-0.4, -0.2) is 76.3 Å². The average molecular weight is 421 g/mol. The van der Waals surface area contributed by atoms with Crippen LogP contribution in [0.3, 0.4) is 0 Å². The first-order chi connectivity index (χ1) is 15.2. The zero-order chi connectivity index (χ0) is 21.2. The molecule has 2 aliphatic rings. The number of aryl methyl sites for hydroxylation is 1. The van der Waals surface area contributed by atoms with Gasteiger partial charge < -0.3 is 19.2 Å². The summed E-state index contributed by atoms with van der Waals surface area (Å²) >= 11 is 0. The quantitative estimate of drug-likeness (QED) is 0.631. The maximum absolute atomic E-state index is 5.59. The van der Waals surface area contributed by atoms with Gasteiger partial charge in [-0.1, -0.05) is 5.16 Å². The van der Waals surface area contributed by atoms with Crippen molar-refractivity contribution in [3.8, 4) is 11.3 Å². The summed E-state index contributed by atoms with van der Waals surface area (Å²) in [5.74, 6) is 2.84. The van der Waals surface area contributed by atoms with Gasteiger partial charge in [0.05, 0.1) is 23.1 Å². The fourth-order valence-corrected chi connectivity index (χ4v) is 4.37. The Morgan fingerprint density at radius 2 is 1.74 bits per heavy atom. The minimum absolute atomic E-state index is 0.336. The van der Waals surface area contributed by atoms with Crippen molar-refractivity contribution in [1.82, 2.24) is 30.0 Å². The molecule has 0 amide bonds. The van der Waals surface area contributed by atoms with Crippen molar-refractivity contribution < 1.29 is 4.52 Å². The molecule has 0 aliphatic carbocycles. The summed E-state index contributed by atoms with van der Waals surface area (Å²) in [7, 11) is 2.16. The van der Waals surface area contributed by atoms with Crippen LogP contribution in [0.1, 0.15) is 30.1 Å². The van der Waals surface area contributed by atoms with E-state index in [9.17, 15) is 0 Å². The van der Waals surface area contributed by atoms with E-state index in [4.69, 9.17) is 14.5 Å². The summed E-state index contributed by atoms with van der Waals surface area (Å²) < 4.78 is 5.59. The molecule has 0 atom stereocenters. The Morgan fingerprint density at radius 1 is 0.935 bits per heavy atom. The molecule has 0 radical (unpaired) electrons. The van der Waals surface area contributed by atoms with Crippen molar-refractivity contribution in [3.63, 3.8) is 0 Å². The summed E-state index contributed by atoms with van der Waals surface area (Å²) in [6.07, 6.45) is 9.21. The van der Waals surface area contributed by atoms with Crippen molar-refractivity contribution in [2.75, 3.05) is 56.1 Å². The molecule has 2 saturated heterocycles. The average Bonchev–Trinajstić information content (AvgIpc) is 3.26. The van der Waals surface area contributed by atoms with Gasteiger partial charge in [-0.3, -0.25) is 4.98 Å². The predicted octanol–water partition coefficient (Wildman–Crippen LogP) is 2.37. The smallest absolute Gasteiger partial charge is 0.225 e. The van der Waals surface area contributed by atoms with Gasteiger partial charge in [-0.2, -0.15) is 0 Å². The van der Waals surface area contributed by atoms with Crippen LogP contribution in [0.4, 0.5) is 11.8 Å². The van der Waals surface area contributed by atoms with E-state index in [0.29, 0.717) is 5.92 Å². The lowest BCUT2D eigenvalue weighted by Crippen LogP contribution is -2.45. The molecule has 3 aromatic rings. The van der Waals surface area contributed by atoms with Crippen molar-refractivity contribution in [2.24, 2.45) is 0 Å². The lowest BCUT2D eigenvalue weighted by atomic mass is 9.90. The van der Waals surface area contributed by atoms with E-state index in [0.717, 1.165) is 86.6 Å². The number of aromatic nitrogens is 5. The molecule has 31 heavy (non-hydrogen) atoms. The topological polar surface area (TPSA) is 87.3 Å². The van der Waals surface area contributed by atoms with Crippen LogP contribution in [0.15, 0.2) is 35.4 Å². The van der Waals surface area contributed by atoms with Crippen molar-refractivity contribution in [1.29, 1.82) is 0 Å². The molecule has 0 N–H and O–H groups in total. The summed E-state index contributed by atoms with van der Waals surface area (Å²) in [4.78, 5) is 25.4. The van der Waals surface area contributed by atoms with Crippen LogP contribution < -0.4 is 9.80 Å². The zero-order valence-corrected chi connectivity index (χ0v) is 18.1. The van der Waals surface area contributed by atoms with Gasteiger partial charge in [-0.15, -0.1) is 0 Å². The lowest BCUT2D eigenvalue weighted by molar-refractivity contribution is 0.311. The number of anilines is 2. The molecular weight excluding hydrogens is 392 g/mol. The molecule has 0 unspecified atom stereocenters. The molecule has 0 spiro atoms. The van der Waals surface area contributed by atoms with Crippen LogP contribution >= 0.6 is 0 Å². The Balaban J connectivity index is 1.42. The molecule has 2 aliphatic heterocycles. The van der Waals surface area contributed by atoms with Crippen LogP contribution in [0.5, 0.6) is 0 Å².